The van der Waals surface area contributed by atoms with Crippen LogP contribution in [0.1, 0.15) is 49.1 Å². The van der Waals surface area contributed by atoms with Crippen molar-refractivity contribution >= 4 is 28.5 Å². The van der Waals surface area contributed by atoms with Gasteiger partial charge >= 0.3 is 11.6 Å². The van der Waals surface area contributed by atoms with Gasteiger partial charge in [-0.3, -0.25) is 9.59 Å². The number of ether oxygens (including phenoxy) is 1. The van der Waals surface area contributed by atoms with Crippen LogP contribution in [0.15, 0.2) is 45.6 Å². The molecule has 0 amide bonds. The number of aromatic hydroxyl groups is 1. The van der Waals surface area contributed by atoms with Crippen LogP contribution in [0.4, 0.5) is 0 Å². The lowest BCUT2D eigenvalue weighted by molar-refractivity contribution is 0.0527. The van der Waals surface area contributed by atoms with Crippen LogP contribution >= 0.6 is 0 Å². The van der Waals surface area contributed by atoms with Gasteiger partial charge in [-0.25, -0.2) is 9.59 Å². The zero-order valence-corrected chi connectivity index (χ0v) is 14.1. The van der Waals surface area contributed by atoms with Crippen molar-refractivity contribution in [2.24, 2.45) is 0 Å². The van der Waals surface area contributed by atoms with Gasteiger partial charge in [0.15, 0.2) is 22.9 Å². The van der Waals surface area contributed by atoms with Crippen molar-refractivity contribution in [3.63, 3.8) is 0 Å². The fraction of sp³-hybridized carbons (Fsp3) is 0.100. The van der Waals surface area contributed by atoms with Gasteiger partial charge in [-0.15, -0.1) is 0 Å². The first-order valence-electron chi connectivity index (χ1n) is 8.13. The predicted molar refractivity (Wildman–Crippen MR) is 93.4 cm³/mol. The second kappa shape index (κ2) is 5.91. The van der Waals surface area contributed by atoms with Crippen molar-refractivity contribution in [3.8, 4) is 5.75 Å². The summed E-state index contributed by atoms with van der Waals surface area (Å²) in [5.74, 6) is -2.49. The van der Waals surface area contributed by atoms with E-state index in [0.29, 0.717) is 0 Å². The molecule has 1 N–H and O–H groups in total. The number of hydrogen-bond acceptors (Lipinski definition) is 7. The summed E-state index contributed by atoms with van der Waals surface area (Å²) in [6.07, 6.45) is 0. The molecule has 27 heavy (non-hydrogen) atoms. The molecule has 7 nitrogen and oxygen atoms in total. The van der Waals surface area contributed by atoms with E-state index in [1.165, 1.54) is 18.2 Å². The molecule has 134 valence electrons. The van der Waals surface area contributed by atoms with Crippen LogP contribution in [-0.4, -0.2) is 29.2 Å². The Morgan fingerprint density at radius 1 is 1.04 bits per heavy atom. The number of phenolic OH excluding ortho intramolecular Hbond substituents is 1. The summed E-state index contributed by atoms with van der Waals surface area (Å²) in [5.41, 5.74) is -1.36. The molecular weight excluding hydrogens is 352 g/mol. The zero-order valence-electron chi connectivity index (χ0n) is 14.1. The minimum Gasteiger partial charge on any atom is -0.504 e. The number of phenols is 1. The first kappa shape index (κ1) is 16.7. The minimum absolute atomic E-state index is 0.0184. The normalized spacial score (nSPS) is 12.6. The second-order valence-corrected chi connectivity index (χ2v) is 5.93. The Kier molecular flexibility index (Phi) is 3.66. The van der Waals surface area contributed by atoms with Gasteiger partial charge in [-0.1, -0.05) is 24.3 Å². The Morgan fingerprint density at radius 2 is 1.70 bits per heavy atom. The van der Waals surface area contributed by atoms with E-state index in [-0.39, 0.29) is 45.4 Å². The quantitative estimate of drug-likeness (QED) is 0.429. The number of benzene rings is 2. The summed E-state index contributed by atoms with van der Waals surface area (Å²) in [4.78, 5) is 49.7. The highest BCUT2D eigenvalue weighted by atomic mass is 16.5. The van der Waals surface area contributed by atoms with Crippen LogP contribution in [0, 0.1) is 0 Å². The molecule has 2 aromatic carbocycles. The Labute approximate surface area is 151 Å². The first-order chi connectivity index (χ1) is 12.9. The molecule has 0 saturated carbocycles. The molecule has 0 aliphatic heterocycles. The predicted octanol–water partition coefficient (Wildman–Crippen LogP) is 2.45. The molecule has 1 aliphatic carbocycles. The van der Waals surface area contributed by atoms with Crippen LogP contribution in [0.25, 0.3) is 11.0 Å². The highest BCUT2D eigenvalue weighted by Crippen LogP contribution is 2.38. The van der Waals surface area contributed by atoms with Crippen LogP contribution < -0.4 is 5.63 Å². The Bertz CT molecular complexity index is 1220. The van der Waals surface area contributed by atoms with Gasteiger partial charge in [0.1, 0.15) is 0 Å². The molecule has 0 fully saturated rings. The van der Waals surface area contributed by atoms with Gasteiger partial charge in [0.05, 0.1) is 17.7 Å². The lowest BCUT2D eigenvalue weighted by Gasteiger charge is -2.19. The van der Waals surface area contributed by atoms with E-state index in [9.17, 15) is 24.3 Å². The number of carbonyl (C=O) groups is 3. The van der Waals surface area contributed by atoms with E-state index in [2.05, 4.69) is 0 Å². The van der Waals surface area contributed by atoms with Gasteiger partial charge < -0.3 is 14.3 Å². The number of rotatable bonds is 2. The standard InChI is InChI=1S/C20H12O7/c1-2-26-20(25)12-8-14(21)27-19-11(12)7-13-15(18(19)24)17(23)10-6-4-3-5-9(10)16(13)22/h3-8,24H,2H2,1H3. The van der Waals surface area contributed by atoms with Crippen molar-refractivity contribution in [3.05, 3.63) is 74.6 Å². The van der Waals surface area contributed by atoms with E-state index in [1.807, 2.05) is 0 Å². The number of hydrogen-bond donors (Lipinski definition) is 1. The maximum Gasteiger partial charge on any atom is 0.339 e. The molecule has 0 atom stereocenters. The molecule has 3 aromatic rings. The van der Waals surface area contributed by atoms with Gasteiger partial charge in [0, 0.05) is 28.1 Å². The van der Waals surface area contributed by atoms with E-state index >= 15 is 0 Å². The van der Waals surface area contributed by atoms with Crippen LogP contribution in [0.3, 0.4) is 0 Å². The monoisotopic (exact) mass is 364 g/mol. The lowest BCUT2D eigenvalue weighted by Crippen LogP contribution is -2.21. The summed E-state index contributed by atoms with van der Waals surface area (Å²) in [6.45, 7) is 1.67. The average Bonchev–Trinajstić information content (AvgIpc) is 2.66. The van der Waals surface area contributed by atoms with Gasteiger partial charge in [-0.05, 0) is 13.0 Å². The molecular formula is C20H12O7. The van der Waals surface area contributed by atoms with E-state index in [0.717, 1.165) is 6.07 Å². The minimum atomic E-state index is -0.893. The fourth-order valence-corrected chi connectivity index (χ4v) is 3.23. The molecule has 0 unspecified atom stereocenters. The Hall–Kier alpha value is -3.74. The fourth-order valence-electron chi connectivity index (χ4n) is 3.23. The molecule has 0 radical (unpaired) electrons. The summed E-state index contributed by atoms with van der Waals surface area (Å²) in [6, 6.07) is 8.42. The Balaban J connectivity index is 2.09. The highest BCUT2D eigenvalue weighted by Gasteiger charge is 2.34. The third-order valence-electron chi connectivity index (χ3n) is 4.39. The van der Waals surface area contributed by atoms with E-state index in [1.54, 1.807) is 19.1 Å². The van der Waals surface area contributed by atoms with Crippen molar-refractivity contribution in [2.75, 3.05) is 6.61 Å². The molecule has 1 aliphatic rings. The number of fused-ring (bicyclic) bond motifs is 3. The maximum absolute atomic E-state index is 12.9. The summed E-state index contributed by atoms with van der Waals surface area (Å²) in [7, 11) is 0. The summed E-state index contributed by atoms with van der Waals surface area (Å²) in [5, 5.41) is 10.6. The van der Waals surface area contributed by atoms with Crippen molar-refractivity contribution in [1.29, 1.82) is 0 Å². The van der Waals surface area contributed by atoms with E-state index in [4.69, 9.17) is 9.15 Å². The van der Waals surface area contributed by atoms with Gasteiger partial charge in [0.2, 0.25) is 0 Å². The Morgan fingerprint density at radius 3 is 2.37 bits per heavy atom. The maximum atomic E-state index is 12.9. The van der Waals surface area contributed by atoms with Crippen LogP contribution in [-0.2, 0) is 4.74 Å². The SMILES string of the molecule is CCOC(=O)c1cc(=O)oc2c(O)c3c(cc12)C(=O)c1ccccc1C3=O. The molecule has 0 spiro atoms. The molecule has 7 heteroatoms. The third kappa shape index (κ3) is 2.36. The van der Waals surface area contributed by atoms with Gasteiger partial charge in [-0.2, -0.15) is 0 Å². The third-order valence-corrected chi connectivity index (χ3v) is 4.39. The highest BCUT2D eigenvalue weighted by molar-refractivity contribution is 6.31. The molecule has 1 heterocycles. The largest absolute Gasteiger partial charge is 0.504 e. The summed E-state index contributed by atoms with van der Waals surface area (Å²) < 4.78 is 9.95. The first-order valence-corrected chi connectivity index (χ1v) is 8.13. The molecule has 4 rings (SSSR count). The molecule has 1 aromatic heterocycles. The topological polar surface area (TPSA) is 111 Å². The van der Waals surface area contributed by atoms with Crippen molar-refractivity contribution in [1.82, 2.24) is 0 Å². The molecule has 0 saturated heterocycles. The second-order valence-electron chi connectivity index (χ2n) is 5.93. The average molecular weight is 364 g/mol. The van der Waals surface area contributed by atoms with Crippen molar-refractivity contribution < 1.29 is 28.6 Å². The van der Waals surface area contributed by atoms with Crippen LogP contribution in [0.2, 0.25) is 0 Å². The smallest absolute Gasteiger partial charge is 0.339 e. The summed E-state index contributed by atoms with van der Waals surface area (Å²) >= 11 is 0. The van der Waals surface area contributed by atoms with Gasteiger partial charge in [0.25, 0.3) is 0 Å². The number of esters is 1. The van der Waals surface area contributed by atoms with Crippen LogP contribution in [0.5, 0.6) is 5.75 Å². The number of carbonyl (C=O) groups excluding carboxylic acids is 3. The zero-order chi connectivity index (χ0) is 19.3. The van der Waals surface area contributed by atoms with Crippen molar-refractivity contribution in [2.45, 2.75) is 6.92 Å². The molecule has 0 bridgehead atoms. The number of ketones is 2. The lowest BCUT2D eigenvalue weighted by atomic mass is 9.82. The van der Waals surface area contributed by atoms with E-state index < -0.39 is 28.9 Å².